The van der Waals surface area contributed by atoms with Crippen LogP contribution < -0.4 is 5.56 Å². The number of pyridine rings is 1. The van der Waals surface area contributed by atoms with Crippen LogP contribution in [0.25, 0.3) is 39.3 Å². The Kier molecular flexibility index (Phi) is 4.69. The Labute approximate surface area is 177 Å². The number of benzene rings is 3. The summed E-state index contributed by atoms with van der Waals surface area (Å²) in [5.74, 6) is 0.888. The maximum atomic E-state index is 13.1. The van der Waals surface area contributed by atoms with Crippen LogP contribution in [0.1, 0.15) is 0 Å². The standard InChI is InChI=1S/C24H17N3O2S/c1-30-18-13-11-16(12-14-18)22-25-23(29-26-22)21-15-27(17-7-3-2-4-8-17)24(28)20-10-6-5-9-19(20)21/h2-15H,1H3. The van der Waals surface area contributed by atoms with Gasteiger partial charge >= 0.3 is 0 Å². The fraction of sp³-hybridized carbons (Fsp3) is 0.0417. The second-order valence-corrected chi connectivity index (χ2v) is 7.63. The molecule has 146 valence electrons. The monoisotopic (exact) mass is 411 g/mol. The Balaban J connectivity index is 1.68. The molecule has 0 fully saturated rings. The summed E-state index contributed by atoms with van der Waals surface area (Å²) < 4.78 is 7.24. The van der Waals surface area contributed by atoms with Crippen molar-refractivity contribution < 1.29 is 4.52 Å². The van der Waals surface area contributed by atoms with Gasteiger partial charge in [-0.2, -0.15) is 4.98 Å². The topological polar surface area (TPSA) is 60.9 Å². The largest absolute Gasteiger partial charge is 0.334 e. The first-order chi connectivity index (χ1) is 14.7. The number of para-hydroxylation sites is 1. The Hall–Kier alpha value is -3.64. The summed E-state index contributed by atoms with van der Waals surface area (Å²) in [7, 11) is 0. The highest BCUT2D eigenvalue weighted by atomic mass is 32.2. The average molecular weight is 411 g/mol. The number of hydrogen-bond donors (Lipinski definition) is 0. The zero-order chi connectivity index (χ0) is 20.5. The van der Waals surface area contributed by atoms with Gasteiger partial charge in [0.15, 0.2) is 0 Å². The molecule has 0 amide bonds. The predicted molar refractivity (Wildman–Crippen MR) is 120 cm³/mol. The number of aromatic nitrogens is 3. The smallest absolute Gasteiger partial charge is 0.262 e. The van der Waals surface area contributed by atoms with Gasteiger partial charge in [0.25, 0.3) is 11.4 Å². The van der Waals surface area contributed by atoms with Crippen molar-refractivity contribution in [3.05, 3.63) is 95.4 Å². The summed E-state index contributed by atoms with van der Waals surface area (Å²) in [6, 6.07) is 25.0. The molecule has 6 heteroatoms. The molecule has 2 heterocycles. The Morgan fingerprint density at radius 2 is 1.57 bits per heavy atom. The molecule has 3 aromatic carbocycles. The third-order valence-corrected chi connectivity index (χ3v) is 5.71. The van der Waals surface area contributed by atoms with Crippen molar-refractivity contribution in [2.45, 2.75) is 4.90 Å². The van der Waals surface area contributed by atoms with E-state index in [2.05, 4.69) is 10.1 Å². The molecule has 0 saturated heterocycles. The lowest BCUT2D eigenvalue weighted by atomic mass is 10.1. The lowest BCUT2D eigenvalue weighted by molar-refractivity contribution is 0.432. The van der Waals surface area contributed by atoms with E-state index in [1.54, 1.807) is 22.5 Å². The molecule has 0 atom stereocenters. The molecule has 0 bridgehead atoms. The van der Waals surface area contributed by atoms with Crippen LogP contribution in [0.15, 0.2) is 99.3 Å². The zero-order valence-corrected chi connectivity index (χ0v) is 17.0. The quantitative estimate of drug-likeness (QED) is 0.369. The first kappa shape index (κ1) is 18.4. The van der Waals surface area contributed by atoms with Crippen LogP contribution in [-0.2, 0) is 0 Å². The van der Waals surface area contributed by atoms with Gasteiger partial charge in [-0.05, 0) is 48.7 Å². The second-order valence-electron chi connectivity index (χ2n) is 6.75. The van der Waals surface area contributed by atoms with E-state index in [9.17, 15) is 4.79 Å². The van der Waals surface area contributed by atoms with Crippen molar-refractivity contribution in [3.63, 3.8) is 0 Å². The lowest BCUT2D eigenvalue weighted by Gasteiger charge is -2.10. The van der Waals surface area contributed by atoms with Crippen LogP contribution in [0, 0.1) is 0 Å². The molecule has 2 aromatic heterocycles. The van der Waals surface area contributed by atoms with Gasteiger partial charge < -0.3 is 4.52 Å². The molecule has 5 rings (SSSR count). The molecule has 0 spiro atoms. The van der Waals surface area contributed by atoms with Crippen LogP contribution in [-0.4, -0.2) is 21.0 Å². The molecule has 5 nitrogen and oxygen atoms in total. The maximum Gasteiger partial charge on any atom is 0.262 e. The van der Waals surface area contributed by atoms with E-state index in [0.29, 0.717) is 22.7 Å². The molecule has 0 aliphatic carbocycles. The molecule has 0 N–H and O–H groups in total. The molecule has 0 unspecified atom stereocenters. The summed E-state index contributed by atoms with van der Waals surface area (Å²) in [5, 5.41) is 5.55. The molecular weight excluding hydrogens is 394 g/mol. The summed E-state index contributed by atoms with van der Waals surface area (Å²) in [6.07, 6.45) is 3.81. The van der Waals surface area contributed by atoms with E-state index in [0.717, 1.165) is 16.6 Å². The van der Waals surface area contributed by atoms with Crippen LogP contribution >= 0.6 is 11.8 Å². The molecule has 5 aromatic rings. The number of nitrogens with zero attached hydrogens (tertiary/aromatic N) is 3. The van der Waals surface area contributed by atoms with Gasteiger partial charge in [0.2, 0.25) is 5.82 Å². The second kappa shape index (κ2) is 7.65. The molecular formula is C24H17N3O2S. The minimum Gasteiger partial charge on any atom is -0.334 e. The molecule has 30 heavy (non-hydrogen) atoms. The van der Waals surface area contributed by atoms with Crippen molar-refractivity contribution in [1.82, 2.24) is 14.7 Å². The van der Waals surface area contributed by atoms with Crippen LogP contribution in [0.3, 0.4) is 0 Å². The maximum absolute atomic E-state index is 13.1. The first-order valence-electron chi connectivity index (χ1n) is 9.43. The van der Waals surface area contributed by atoms with Gasteiger partial charge in [-0.25, -0.2) is 0 Å². The summed E-state index contributed by atoms with van der Waals surface area (Å²) in [5.41, 5.74) is 2.28. The highest BCUT2D eigenvalue weighted by Gasteiger charge is 2.17. The van der Waals surface area contributed by atoms with Crippen molar-refractivity contribution in [2.75, 3.05) is 6.26 Å². The van der Waals surface area contributed by atoms with E-state index in [1.165, 1.54) is 4.90 Å². The minimum absolute atomic E-state index is 0.0899. The summed E-state index contributed by atoms with van der Waals surface area (Å²) in [4.78, 5) is 18.9. The average Bonchev–Trinajstić information content (AvgIpc) is 3.30. The van der Waals surface area contributed by atoms with E-state index >= 15 is 0 Å². The van der Waals surface area contributed by atoms with Gasteiger partial charge in [0.05, 0.1) is 5.56 Å². The third-order valence-electron chi connectivity index (χ3n) is 4.96. The number of rotatable bonds is 4. The van der Waals surface area contributed by atoms with E-state index in [1.807, 2.05) is 85.1 Å². The van der Waals surface area contributed by atoms with Gasteiger partial charge in [-0.15, -0.1) is 11.8 Å². The zero-order valence-electron chi connectivity index (χ0n) is 16.1. The fourth-order valence-corrected chi connectivity index (χ4v) is 3.84. The molecule has 0 saturated carbocycles. The number of fused-ring (bicyclic) bond motifs is 1. The molecule has 0 aliphatic rings. The van der Waals surface area contributed by atoms with Crippen LogP contribution in [0.5, 0.6) is 0 Å². The summed E-state index contributed by atoms with van der Waals surface area (Å²) >= 11 is 1.68. The Morgan fingerprint density at radius 3 is 2.30 bits per heavy atom. The lowest BCUT2D eigenvalue weighted by Crippen LogP contribution is -2.18. The van der Waals surface area contributed by atoms with E-state index in [4.69, 9.17) is 4.52 Å². The normalized spacial score (nSPS) is 11.1. The summed E-state index contributed by atoms with van der Waals surface area (Å²) in [6.45, 7) is 0. The van der Waals surface area contributed by atoms with Crippen LogP contribution in [0.4, 0.5) is 0 Å². The van der Waals surface area contributed by atoms with Crippen molar-refractivity contribution in [1.29, 1.82) is 0 Å². The Morgan fingerprint density at radius 1 is 0.867 bits per heavy atom. The van der Waals surface area contributed by atoms with E-state index < -0.39 is 0 Å². The highest BCUT2D eigenvalue weighted by Crippen LogP contribution is 2.29. The fourth-order valence-electron chi connectivity index (χ4n) is 3.43. The first-order valence-corrected chi connectivity index (χ1v) is 10.7. The third kappa shape index (κ3) is 3.21. The minimum atomic E-state index is -0.0899. The van der Waals surface area contributed by atoms with Crippen molar-refractivity contribution in [3.8, 4) is 28.5 Å². The van der Waals surface area contributed by atoms with Crippen molar-refractivity contribution in [2.24, 2.45) is 0 Å². The molecule has 0 aliphatic heterocycles. The molecule has 0 radical (unpaired) electrons. The highest BCUT2D eigenvalue weighted by molar-refractivity contribution is 7.98. The number of thioether (sulfide) groups is 1. The van der Waals surface area contributed by atoms with Crippen molar-refractivity contribution >= 4 is 22.5 Å². The van der Waals surface area contributed by atoms with Gasteiger partial charge in [-0.3, -0.25) is 9.36 Å². The van der Waals surface area contributed by atoms with Crippen LogP contribution in [0.2, 0.25) is 0 Å². The van der Waals surface area contributed by atoms with E-state index in [-0.39, 0.29) is 5.56 Å². The van der Waals surface area contributed by atoms with Gasteiger partial charge in [0, 0.05) is 33.1 Å². The number of hydrogen-bond acceptors (Lipinski definition) is 5. The predicted octanol–water partition coefficient (Wildman–Crippen LogP) is 5.43. The Bertz CT molecular complexity index is 1390. The van der Waals surface area contributed by atoms with Gasteiger partial charge in [0.1, 0.15) is 0 Å². The SMILES string of the molecule is CSc1ccc(-c2noc(-c3cn(-c4ccccc4)c(=O)c4ccccc34)n2)cc1. The van der Waals surface area contributed by atoms with Gasteiger partial charge in [-0.1, -0.05) is 41.6 Å².